The van der Waals surface area contributed by atoms with E-state index in [1.54, 1.807) is 0 Å². The van der Waals surface area contributed by atoms with Crippen LogP contribution in [-0.2, 0) is 0 Å². The van der Waals surface area contributed by atoms with E-state index in [4.69, 9.17) is 11.6 Å². The largest absolute Gasteiger partial charge is 0.274 e. The minimum absolute atomic E-state index is 0.507. The molecule has 1 nitrogen and oxygen atoms in total. The Morgan fingerprint density at radius 3 is 2.92 bits per heavy atom. The SMILES string of the molecule is CCCC1CC[C@H](C)CC(Cl)=N1. The van der Waals surface area contributed by atoms with Gasteiger partial charge in [0.25, 0.3) is 0 Å². The van der Waals surface area contributed by atoms with Gasteiger partial charge in [-0.2, -0.15) is 0 Å². The topological polar surface area (TPSA) is 12.4 Å². The average Bonchev–Trinajstić information content (AvgIpc) is 2.13. The molecule has 1 aliphatic rings. The summed E-state index contributed by atoms with van der Waals surface area (Å²) in [5.74, 6) is 0.725. The van der Waals surface area contributed by atoms with Gasteiger partial charge in [-0.3, -0.25) is 4.99 Å². The average molecular weight is 188 g/mol. The van der Waals surface area contributed by atoms with Crippen molar-refractivity contribution < 1.29 is 0 Å². The van der Waals surface area contributed by atoms with E-state index in [0.29, 0.717) is 6.04 Å². The Kier molecular flexibility index (Phi) is 4.07. The van der Waals surface area contributed by atoms with Crippen LogP contribution in [0.1, 0.15) is 46.0 Å². The van der Waals surface area contributed by atoms with Crippen molar-refractivity contribution in [1.29, 1.82) is 0 Å². The molecular formula is C10H18ClN. The zero-order valence-electron chi connectivity index (χ0n) is 8.02. The molecule has 0 aromatic heterocycles. The van der Waals surface area contributed by atoms with Crippen LogP contribution in [0.5, 0.6) is 0 Å². The molecule has 0 radical (unpaired) electrons. The third-order valence-electron chi connectivity index (χ3n) is 2.45. The first-order valence-electron chi connectivity index (χ1n) is 4.94. The van der Waals surface area contributed by atoms with Gasteiger partial charge in [-0.15, -0.1) is 0 Å². The molecule has 0 aromatic carbocycles. The van der Waals surface area contributed by atoms with Crippen LogP contribution in [0.3, 0.4) is 0 Å². The number of aliphatic imine (C=N–C) groups is 1. The quantitative estimate of drug-likeness (QED) is 0.627. The van der Waals surface area contributed by atoms with E-state index in [1.165, 1.54) is 25.7 Å². The van der Waals surface area contributed by atoms with Crippen LogP contribution >= 0.6 is 11.6 Å². The number of hydrogen-bond acceptors (Lipinski definition) is 1. The second kappa shape index (κ2) is 4.86. The summed E-state index contributed by atoms with van der Waals surface area (Å²) >= 11 is 6.00. The van der Waals surface area contributed by atoms with Gasteiger partial charge in [0.1, 0.15) is 5.17 Å². The number of rotatable bonds is 2. The van der Waals surface area contributed by atoms with Gasteiger partial charge in [-0.25, -0.2) is 0 Å². The van der Waals surface area contributed by atoms with Crippen molar-refractivity contribution in [3.8, 4) is 0 Å². The number of nitrogens with zero attached hydrogens (tertiary/aromatic N) is 1. The summed E-state index contributed by atoms with van der Waals surface area (Å²) < 4.78 is 0. The van der Waals surface area contributed by atoms with Crippen molar-refractivity contribution in [3.63, 3.8) is 0 Å². The standard InChI is InChI=1S/C10H18ClN/c1-3-4-9-6-5-8(2)7-10(11)12-9/h8-9H,3-7H2,1-2H3/t8-,9?/m0/s1. The fourth-order valence-electron chi connectivity index (χ4n) is 1.72. The molecule has 70 valence electrons. The van der Waals surface area contributed by atoms with Crippen LogP contribution < -0.4 is 0 Å². The highest BCUT2D eigenvalue weighted by Crippen LogP contribution is 2.22. The molecule has 1 unspecified atom stereocenters. The molecule has 0 aromatic rings. The molecule has 0 N–H and O–H groups in total. The van der Waals surface area contributed by atoms with Crippen LogP contribution in [0, 0.1) is 5.92 Å². The Balaban J connectivity index is 2.49. The molecule has 0 saturated carbocycles. The Morgan fingerprint density at radius 1 is 1.50 bits per heavy atom. The highest BCUT2D eigenvalue weighted by Gasteiger charge is 2.15. The summed E-state index contributed by atoms with van der Waals surface area (Å²) in [5, 5.41) is 0.846. The molecule has 0 saturated heterocycles. The molecule has 2 atom stereocenters. The van der Waals surface area contributed by atoms with Gasteiger partial charge in [0, 0.05) is 6.42 Å². The van der Waals surface area contributed by atoms with Gasteiger partial charge in [0.2, 0.25) is 0 Å². The molecule has 0 aliphatic carbocycles. The Bertz CT molecular complexity index is 165. The van der Waals surface area contributed by atoms with Crippen LogP contribution in [0.15, 0.2) is 4.99 Å². The number of halogens is 1. The molecule has 0 bridgehead atoms. The summed E-state index contributed by atoms with van der Waals surface area (Å²) in [6, 6.07) is 0.507. The van der Waals surface area contributed by atoms with Crippen molar-refractivity contribution in [2.24, 2.45) is 10.9 Å². The van der Waals surface area contributed by atoms with Gasteiger partial charge in [0.15, 0.2) is 0 Å². The highest BCUT2D eigenvalue weighted by atomic mass is 35.5. The van der Waals surface area contributed by atoms with E-state index in [2.05, 4.69) is 18.8 Å². The normalized spacial score (nSPS) is 31.1. The summed E-state index contributed by atoms with van der Waals surface area (Å²) in [6.07, 6.45) is 5.91. The lowest BCUT2D eigenvalue weighted by molar-refractivity contribution is 0.482. The van der Waals surface area contributed by atoms with E-state index < -0.39 is 0 Å². The minimum Gasteiger partial charge on any atom is -0.274 e. The fraction of sp³-hybridized carbons (Fsp3) is 0.900. The Hall–Kier alpha value is -0.0400. The first kappa shape index (κ1) is 10.0. The van der Waals surface area contributed by atoms with Crippen molar-refractivity contribution in [2.75, 3.05) is 0 Å². The van der Waals surface area contributed by atoms with Crippen molar-refractivity contribution in [1.82, 2.24) is 0 Å². The highest BCUT2D eigenvalue weighted by molar-refractivity contribution is 6.65. The molecule has 12 heavy (non-hydrogen) atoms. The van der Waals surface area contributed by atoms with E-state index in [1.807, 2.05) is 0 Å². The molecule has 0 fully saturated rings. The van der Waals surface area contributed by atoms with Crippen molar-refractivity contribution in [3.05, 3.63) is 0 Å². The second-order valence-electron chi connectivity index (χ2n) is 3.83. The predicted molar refractivity (Wildman–Crippen MR) is 55.0 cm³/mol. The minimum atomic E-state index is 0.507. The molecule has 1 heterocycles. The van der Waals surface area contributed by atoms with Gasteiger partial charge >= 0.3 is 0 Å². The predicted octanol–water partition coefficient (Wildman–Crippen LogP) is 3.61. The van der Waals surface area contributed by atoms with Gasteiger partial charge in [-0.05, 0) is 25.2 Å². The van der Waals surface area contributed by atoms with Crippen molar-refractivity contribution in [2.45, 2.75) is 52.0 Å². The lowest BCUT2D eigenvalue weighted by Gasteiger charge is -2.08. The Morgan fingerprint density at radius 2 is 2.25 bits per heavy atom. The summed E-state index contributed by atoms with van der Waals surface area (Å²) in [6.45, 7) is 4.46. The molecular weight excluding hydrogens is 170 g/mol. The van der Waals surface area contributed by atoms with Gasteiger partial charge < -0.3 is 0 Å². The van der Waals surface area contributed by atoms with Crippen LogP contribution in [0.2, 0.25) is 0 Å². The lowest BCUT2D eigenvalue weighted by Crippen LogP contribution is -2.03. The molecule has 1 rings (SSSR count). The maximum absolute atomic E-state index is 6.00. The number of hydrogen-bond donors (Lipinski definition) is 0. The Labute approximate surface area is 80.2 Å². The fourth-order valence-corrected chi connectivity index (χ4v) is 2.13. The van der Waals surface area contributed by atoms with Gasteiger partial charge in [-0.1, -0.05) is 31.9 Å². The second-order valence-corrected chi connectivity index (χ2v) is 4.27. The lowest BCUT2D eigenvalue weighted by atomic mass is 9.99. The summed E-state index contributed by atoms with van der Waals surface area (Å²) in [4.78, 5) is 4.50. The molecule has 0 amide bonds. The summed E-state index contributed by atoms with van der Waals surface area (Å²) in [5.41, 5.74) is 0. The first-order valence-corrected chi connectivity index (χ1v) is 5.32. The van der Waals surface area contributed by atoms with Gasteiger partial charge in [0.05, 0.1) is 6.04 Å². The van der Waals surface area contributed by atoms with Crippen LogP contribution in [-0.4, -0.2) is 11.2 Å². The monoisotopic (exact) mass is 187 g/mol. The summed E-state index contributed by atoms with van der Waals surface area (Å²) in [7, 11) is 0. The van der Waals surface area contributed by atoms with Crippen LogP contribution in [0.4, 0.5) is 0 Å². The zero-order chi connectivity index (χ0) is 8.97. The zero-order valence-corrected chi connectivity index (χ0v) is 8.77. The van der Waals surface area contributed by atoms with E-state index in [0.717, 1.165) is 17.5 Å². The molecule has 2 heteroatoms. The van der Waals surface area contributed by atoms with E-state index in [-0.39, 0.29) is 0 Å². The van der Waals surface area contributed by atoms with Crippen LogP contribution in [0.25, 0.3) is 0 Å². The molecule has 1 aliphatic heterocycles. The first-order chi connectivity index (χ1) is 5.72. The van der Waals surface area contributed by atoms with E-state index >= 15 is 0 Å². The maximum atomic E-state index is 6.00. The maximum Gasteiger partial charge on any atom is 0.101 e. The third kappa shape index (κ3) is 3.14. The van der Waals surface area contributed by atoms with Crippen molar-refractivity contribution >= 4 is 16.8 Å². The smallest absolute Gasteiger partial charge is 0.101 e. The molecule has 0 spiro atoms. The van der Waals surface area contributed by atoms with E-state index in [9.17, 15) is 0 Å². The third-order valence-corrected chi connectivity index (χ3v) is 2.71.